The van der Waals surface area contributed by atoms with Gasteiger partial charge < -0.3 is 9.88 Å². The summed E-state index contributed by atoms with van der Waals surface area (Å²) in [6.45, 7) is 0. The lowest BCUT2D eigenvalue weighted by Gasteiger charge is -2.22. The van der Waals surface area contributed by atoms with Gasteiger partial charge in [0.05, 0.1) is 17.4 Å². The van der Waals surface area contributed by atoms with E-state index in [4.69, 9.17) is 0 Å². The molecule has 1 saturated heterocycles. The second-order valence-electron chi connectivity index (χ2n) is 5.19. The van der Waals surface area contributed by atoms with E-state index in [0.29, 0.717) is 0 Å². The molecule has 21 heavy (non-hydrogen) atoms. The smallest absolute Gasteiger partial charge is 0.357 e. The number of aromatic nitrogens is 1. The molecule has 0 aromatic carbocycles. The van der Waals surface area contributed by atoms with Crippen molar-refractivity contribution in [3.05, 3.63) is 24.0 Å². The number of amides is 1. The molecule has 1 N–H and O–H groups in total. The van der Waals surface area contributed by atoms with Gasteiger partial charge in [0.25, 0.3) is 0 Å². The van der Waals surface area contributed by atoms with Crippen molar-refractivity contribution in [2.75, 3.05) is 11.5 Å². The number of carbonyl (C=O) groups is 1. The summed E-state index contributed by atoms with van der Waals surface area (Å²) < 4.78 is 63.3. The molecule has 1 amide bonds. The fraction of sp³-hybridized carbons (Fsp3) is 0.583. The molecular weight excluding hydrogens is 309 g/mol. The molecule has 0 aliphatic carbocycles. The normalized spacial score (nSPS) is 23.0. The van der Waals surface area contributed by atoms with Gasteiger partial charge in [0.1, 0.15) is 0 Å². The highest BCUT2D eigenvalue weighted by Crippen LogP contribution is 2.33. The number of hydrogen-bond acceptors (Lipinski definition) is 3. The van der Waals surface area contributed by atoms with Crippen LogP contribution in [0, 0.1) is 5.92 Å². The zero-order valence-electron chi connectivity index (χ0n) is 11.2. The quantitative estimate of drug-likeness (QED) is 0.908. The van der Waals surface area contributed by atoms with Crippen LogP contribution in [0.1, 0.15) is 18.0 Å². The van der Waals surface area contributed by atoms with Crippen LogP contribution in [0.15, 0.2) is 18.5 Å². The van der Waals surface area contributed by atoms with Crippen molar-refractivity contribution < 1.29 is 26.4 Å². The topological polar surface area (TPSA) is 68.2 Å². The van der Waals surface area contributed by atoms with Crippen LogP contribution in [-0.2, 0) is 21.7 Å². The monoisotopic (exact) mass is 324 g/mol. The second-order valence-corrected chi connectivity index (χ2v) is 7.42. The summed E-state index contributed by atoms with van der Waals surface area (Å²) in [6.07, 6.45) is -1.87. The molecule has 2 atom stereocenters. The highest BCUT2D eigenvalue weighted by atomic mass is 32.2. The molecule has 2 rings (SSSR count). The van der Waals surface area contributed by atoms with E-state index < -0.39 is 39.6 Å². The van der Waals surface area contributed by atoms with E-state index in [1.54, 1.807) is 7.05 Å². The van der Waals surface area contributed by atoms with E-state index in [1.807, 2.05) is 5.32 Å². The van der Waals surface area contributed by atoms with Gasteiger partial charge in [-0.3, -0.25) is 4.79 Å². The van der Waals surface area contributed by atoms with Crippen molar-refractivity contribution in [1.82, 2.24) is 9.88 Å². The van der Waals surface area contributed by atoms with Crippen LogP contribution in [0.25, 0.3) is 0 Å². The van der Waals surface area contributed by atoms with Crippen molar-refractivity contribution in [1.29, 1.82) is 0 Å². The van der Waals surface area contributed by atoms with E-state index in [-0.39, 0.29) is 17.7 Å². The first-order chi connectivity index (χ1) is 9.58. The van der Waals surface area contributed by atoms with E-state index >= 15 is 0 Å². The third-order valence-corrected chi connectivity index (χ3v) is 5.17. The Bertz CT molecular complexity index is 636. The lowest BCUT2D eigenvalue weighted by molar-refractivity contribution is -0.164. The van der Waals surface area contributed by atoms with Gasteiger partial charge in [-0.25, -0.2) is 8.42 Å². The number of rotatable bonds is 3. The summed E-state index contributed by atoms with van der Waals surface area (Å²) in [6, 6.07) is -0.862. The summed E-state index contributed by atoms with van der Waals surface area (Å²) in [7, 11) is -1.75. The number of hydrogen-bond donors (Lipinski definition) is 1. The Labute approximate surface area is 120 Å². The van der Waals surface area contributed by atoms with Crippen LogP contribution in [0.2, 0.25) is 0 Å². The number of sulfone groups is 1. The summed E-state index contributed by atoms with van der Waals surface area (Å²) >= 11 is 0. The Morgan fingerprint density at radius 3 is 2.57 bits per heavy atom. The third kappa shape index (κ3) is 3.78. The fourth-order valence-corrected chi connectivity index (χ4v) is 4.05. The largest absolute Gasteiger partial charge is 0.412 e. The molecule has 0 saturated carbocycles. The van der Waals surface area contributed by atoms with Gasteiger partial charge in [-0.2, -0.15) is 13.2 Å². The maximum Gasteiger partial charge on any atom is 0.412 e. The molecule has 9 heteroatoms. The first-order valence-electron chi connectivity index (χ1n) is 6.28. The van der Waals surface area contributed by atoms with Crippen LogP contribution in [-0.4, -0.2) is 36.6 Å². The highest BCUT2D eigenvalue weighted by molar-refractivity contribution is 7.91. The number of halogens is 3. The standard InChI is InChI=1S/C12H15F3N2O3S/c1-17-4-2-8(6-17)10(12(13,14)15)16-11(18)9-3-5-21(19,20)7-9/h2,4,6,9-10H,3,5,7H2,1H3,(H,16,18)/t9-,10+/m0/s1. The second kappa shape index (κ2) is 5.36. The van der Waals surface area contributed by atoms with Gasteiger partial charge >= 0.3 is 6.18 Å². The molecule has 1 aliphatic heterocycles. The Kier molecular flexibility index (Phi) is 4.05. The number of aryl methyl sites for hydroxylation is 1. The molecule has 2 heterocycles. The Hall–Kier alpha value is -1.51. The minimum absolute atomic E-state index is 0.0630. The van der Waals surface area contributed by atoms with Gasteiger partial charge in [-0.15, -0.1) is 0 Å². The number of carbonyl (C=O) groups excluding carboxylic acids is 1. The first-order valence-corrected chi connectivity index (χ1v) is 8.10. The summed E-state index contributed by atoms with van der Waals surface area (Å²) in [5, 5.41) is 1.92. The molecule has 0 bridgehead atoms. The van der Waals surface area contributed by atoms with Gasteiger partial charge in [0, 0.05) is 25.0 Å². The molecule has 0 radical (unpaired) electrons. The Balaban J connectivity index is 2.15. The van der Waals surface area contributed by atoms with Gasteiger partial charge in [0.2, 0.25) is 5.91 Å². The number of nitrogens with zero attached hydrogens (tertiary/aromatic N) is 1. The predicted molar refractivity (Wildman–Crippen MR) is 69.1 cm³/mol. The van der Waals surface area contributed by atoms with Crippen molar-refractivity contribution in [3.63, 3.8) is 0 Å². The molecule has 5 nitrogen and oxygen atoms in total. The summed E-state index contributed by atoms with van der Waals surface area (Å²) in [5.74, 6) is -2.34. The summed E-state index contributed by atoms with van der Waals surface area (Å²) in [5.41, 5.74) is -0.0841. The van der Waals surface area contributed by atoms with Crippen LogP contribution in [0.5, 0.6) is 0 Å². The molecule has 1 aromatic heterocycles. The maximum absolute atomic E-state index is 13.1. The van der Waals surface area contributed by atoms with Gasteiger partial charge in [-0.05, 0) is 12.5 Å². The average Bonchev–Trinajstić information content (AvgIpc) is 2.90. The zero-order chi connectivity index (χ0) is 15.8. The molecular formula is C12H15F3N2O3S. The van der Waals surface area contributed by atoms with Crippen molar-refractivity contribution >= 4 is 15.7 Å². The van der Waals surface area contributed by atoms with Crippen LogP contribution >= 0.6 is 0 Å². The van der Waals surface area contributed by atoms with E-state index in [2.05, 4.69) is 0 Å². The van der Waals surface area contributed by atoms with Crippen LogP contribution in [0.4, 0.5) is 13.2 Å². The molecule has 0 spiro atoms. The molecule has 1 aromatic rings. The first kappa shape index (κ1) is 15.9. The lowest BCUT2D eigenvalue weighted by atomic mass is 10.1. The molecule has 1 aliphatic rings. The lowest BCUT2D eigenvalue weighted by Crippen LogP contribution is -2.41. The highest BCUT2D eigenvalue weighted by Gasteiger charge is 2.44. The fourth-order valence-electron chi connectivity index (χ4n) is 2.31. The Morgan fingerprint density at radius 1 is 1.48 bits per heavy atom. The minimum Gasteiger partial charge on any atom is -0.357 e. The van der Waals surface area contributed by atoms with E-state index in [9.17, 15) is 26.4 Å². The Morgan fingerprint density at radius 2 is 2.14 bits per heavy atom. The third-order valence-electron chi connectivity index (χ3n) is 3.41. The van der Waals surface area contributed by atoms with E-state index in [1.165, 1.54) is 23.0 Å². The van der Waals surface area contributed by atoms with Crippen molar-refractivity contribution in [2.45, 2.75) is 18.6 Å². The molecule has 1 fully saturated rings. The number of nitrogens with one attached hydrogen (secondary N) is 1. The van der Waals surface area contributed by atoms with Gasteiger partial charge in [-0.1, -0.05) is 0 Å². The predicted octanol–water partition coefficient (Wildman–Crippen LogP) is 1.18. The molecule has 118 valence electrons. The van der Waals surface area contributed by atoms with Gasteiger partial charge in [0.15, 0.2) is 15.9 Å². The molecule has 0 unspecified atom stereocenters. The zero-order valence-corrected chi connectivity index (χ0v) is 12.0. The number of alkyl halides is 3. The average molecular weight is 324 g/mol. The minimum atomic E-state index is -4.64. The van der Waals surface area contributed by atoms with Crippen LogP contribution < -0.4 is 5.32 Å². The summed E-state index contributed by atoms with van der Waals surface area (Å²) in [4.78, 5) is 11.9. The van der Waals surface area contributed by atoms with Crippen molar-refractivity contribution in [3.8, 4) is 0 Å². The van der Waals surface area contributed by atoms with E-state index in [0.717, 1.165) is 0 Å². The van der Waals surface area contributed by atoms with Crippen LogP contribution in [0.3, 0.4) is 0 Å². The SMILES string of the molecule is Cn1ccc([C@@H](NC(=O)[C@H]2CCS(=O)(=O)C2)C(F)(F)F)c1. The maximum atomic E-state index is 13.1. The van der Waals surface area contributed by atoms with Crippen molar-refractivity contribution in [2.24, 2.45) is 13.0 Å².